The Kier molecular flexibility index (Phi) is 4.76. The van der Waals surface area contributed by atoms with Gasteiger partial charge in [0, 0.05) is 12.0 Å². The second-order valence-corrected chi connectivity index (χ2v) is 5.12. The van der Waals surface area contributed by atoms with Crippen molar-refractivity contribution in [2.45, 2.75) is 32.2 Å². The molecule has 0 radical (unpaired) electrons. The molecule has 1 atom stereocenters. The molecule has 0 aliphatic carbocycles. The van der Waals surface area contributed by atoms with E-state index in [0.717, 1.165) is 32.4 Å². The number of piperidine rings is 1. The maximum atomic E-state index is 12.1. The molecule has 1 fully saturated rings. The molecule has 1 heterocycles. The van der Waals surface area contributed by atoms with Crippen LogP contribution >= 0.6 is 0 Å². The smallest absolute Gasteiger partial charge is 0.223 e. The highest BCUT2D eigenvalue weighted by Gasteiger charge is 2.21. The first-order valence-corrected chi connectivity index (χ1v) is 6.80. The zero-order chi connectivity index (χ0) is 12.8. The summed E-state index contributed by atoms with van der Waals surface area (Å²) in [4.78, 5) is 12.1. The molecule has 1 aliphatic heterocycles. The van der Waals surface area contributed by atoms with Gasteiger partial charge in [-0.1, -0.05) is 30.3 Å². The molecule has 3 heteroatoms. The van der Waals surface area contributed by atoms with E-state index in [1.54, 1.807) is 0 Å². The van der Waals surface area contributed by atoms with Crippen molar-refractivity contribution < 1.29 is 4.79 Å². The van der Waals surface area contributed by atoms with Gasteiger partial charge in [-0.3, -0.25) is 4.79 Å². The van der Waals surface area contributed by atoms with E-state index >= 15 is 0 Å². The Hall–Kier alpha value is -1.35. The summed E-state index contributed by atoms with van der Waals surface area (Å²) in [7, 11) is 0. The lowest BCUT2D eigenvalue weighted by Gasteiger charge is -2.24. The van der Waals surface area contributed by atoms with Crippen LogP contribution < -0.4 is 10.6 Å². The fraction of sp³-hybridized carbons (Fsp3) is 0.533. The zero-order valence-corrected chi connectivity index (χ0v) is 11.0. The van der Waals surface area contributed by atoms with Crippen LogP contribution in [-0.4, -0.2) is 25.0 Å². The van der Waals surface area contributed by atoms with Crippen LogP contribution in [0.4, 0.5) is 0 Å². The van der Waals surface area contributed by atoms with Crippen LogP contribution in [0, 0.1) is 5.92 Å². The van der Waals surface area contributed by atoms with Gasteiger partial charge in [-0.05, 0) is 44.8 Å². The average Bonchev–Trinajstić information content (AvgIpc) is 2.40. The predicted octanol–water partition coefficient (Wildman–Crippen LogP) is 1.73. The van der Waals surface area contributed by atoms with E-state index in [9.17, 15) is 4.79 Å². The van der Waals surface area contributed by atoms with Crippen molar-refractivity contribution in [3.8, 4) is 0 Å². The van der Waals surface area contributed by atoms with Crippen molar-refractivity contribution in [3.05, 3.63) is 35.9 Å². The van der Waals surface area contributed by atoms with Gasteiger partial charge in [0.15, 0.2) is 0 Å². The van der Waals surface area contributed by atoms with Gasteiger partial charge < -0.3 is 10.6 Å². The molecule has 98 valence electrons. The number of hydrogen-bond donors (Lipinski definition) is 2. The van der Waals surface area contributed by atoms with Crippen LogP contribution in [0.5, 0.6) is 0 Å². The van der Waals surface area contributed by atoms with Crippen LogP contribution in [0.2, 0.25) is 0 Å². The van der Waals surface area contributed by atoms with E-state index in [1.165, 1.54) is 5.56 Å². The first kappa shape index (κ1) is 13.1. The van der Waals surface area contributed by atoms with Crippen molar-refractivity contribution in [3.63, 3.8) is 0 Å². The standard InChI is InChI=1S/C15H22N2O/c1-12(11-13-5-3-2-4-6-13)17-15(18)14-7-9-16-10-8-14/h2-6,12,14,16H,7-11H2,1H3,(H,17,18). The third-order valence-corrected chi connectivity index (χ3v) is 3.48. The molecule has 1 aromatic rings. The van der Waals surface area contributed by atoms with E-state index in [1.807, 2.05) is 18.2 Å². The van der Waals surface area contributed by atoms with Crippen LogP contribution in [0.25, 0.3) is 0 Å². The molecule has 0 spiro atoms. The molecule has 2 N–H and O–H groups in total. The maximum absolute atomic E-state index is 12.1. The molecule has 1 amide bonds. The maximum Gasteiger partial charge on any atom is 0.223 e. The second-order valence-electron chi connectivity index (χ2n) is 5.12. The fourth-order valence-corrected chi connectivity index (χ4v) is 2.46. The summed E-state index contributed by atoms with van der Waals surface area (Å²) < 4.78 is 0. The van der Waals surface area contributed by atoms with Gasteiger partial charge in [0.1, 0.15) is 0 Å². The summed E-state index contributed by atoms with van der Waals surface area (Å²) in [6, 6.07) is 10.5. The Morgan fingerprint density at radius 2 is 2.00 bits per heavy atom. The summed E-state index contributed by atoms with van der Waals surface area (Å²) in [5.74, 6) is 0.421. The normalized spacial score (nSPS) is 18.3. The number of hydrogen-bond acceptors (Lipinski definition) is 2. The lowest BCUT2D eigenvalue weighted by atomic mass is 9.96. The summed E-state index contributed by atoms with van der Waals surface area (Å²) >= 11 is 0. The van der Waals surface area contributed by atoms with Crippen molar-refractivity contribution in [2.24, 2.45) is 5.92 Å². The Morgan fingerprint density at radius 1 is 1.33 bits per heavy atom. The van der Waals surface area contributed by atoms with E-state index in [-0.39, 0.29) is 17.9 Å². The third-order valence-electron chi connectivity index (χ3n) is 3.48. The predicted molar refractivity (Wildman–Crippen MR) is 73.3 cm³/mol. The van der Waals surface area contributed by atoms with Gasteiger partial charge >= 0.3 is 0 Å². The molecular weight excluding hydrogens is 224 g/mol. The number of benzene rings is 1. The minimum Gasteiger partial charge on any atom is -0.353 e. The summed E-state index contributed by atoms with van der Waals surface area (Å²) in [6.07, 6.45) is 2.82. The van der Waals surface area contributed by atoms with Gasteiger partial charge in [0.05, 0.1) is 0 Å². The van der Waals surface area contributed by atoms with Crippen LogP contribution in [0.15, 0.2) is 30.3 Å². The van der Waals surface area contributed by atoms with Crippen molar-refractivity contribution >= 4 is 5.91 Å². The number of rotatable bonds is 4. The van der Waals surface area contributed by atoms with Gasteiger partial charge in [0.2, 0.25) is 5.91 Å². The Bertz CT molecular complexity index is 371. The lowest BCUT2D eigenvalue weighted by molar-refractivity contribution is -0.126. The molecule has 1 aromatic carbocycles. The number of carbonyl (C=O) groups excluding carboxylic acids is 1. The molecule has 18 heavy (non-hydrogen) atoms. The molecule has 0 bridgehead atoms. The topological polar surface area (TPSA) is 41.1 Å². The quantitative estimate of drug-likeness (QED) is 0.849. The van der Waals surface area contributed by atoms with Gasteiger partial charge in [-0.25, -0.2) is 0 Å². The van der Waals surface area contributed by atoms with Gasteiger partial charge in [-0.2, -0.15) is 0 Å². The van der Waals surface area contributed by atoms with E-state index in [2.05, 4.69) is 29.7 Å². The van der Waals surface area contributed by atoms with E-state index in [4.69, 9.17) is 0 Å². The Balaban J connectivity index is 1.79. The Morgan fingerprint density at radius 3 is 2.67 bits per heavy atom. The van der Waals surface area contributed by atoms with Crippen molar-refractivity contribution in [1.82, 2.24) is 10.6 Å². The molecule has 2 rings (SSSR count). The van der Waals surface area contributed by atoms with Gasteiger partial charge in [0.25, 0.3) is 0 Å². The highest BCUT2D eigenvalue weighted by molar-refractivity contribution is 5.79. The molecule has 3 nitrogen and oxygen atoms in total. The molecule has 1 saturated heterocycles. The monoisotopic (exact) mass is 246 g/mol. The largest absolute Gasteiger partial charge is 0.353 e. The molecule has 0 aromatic heterocycles. The number of amides is 1. The first-order chi connectivity index (χ1) is 8.75. The van der Waals surface area contributed by atoms with Crippen LogP contribution in [0.3, 0.4) is 0 Å². The minimum absolute atomic E-state index is 0.199. The summed E-state index contributed by atoms with van der Waals surface area (Å²) in [5, 5.41) is 6.41. The molecule has 1 aliphatic rings. The van der Waals surface area contributed by atoms with Crippen molar-refractivity contribution in [2.75, 3.05) is 13.1 Å². The molecule has 1 unspecified atom stereocenters. The Labute approximate surface area is 109 Å². The average molecular weight is 246 g/mol. The lowest BCUT2D eigenvalue weighted by Crippen LogP contribution is -2.42. The number of nitrogens with one attached hydrogen (secondary N) is 2. The third kappa shape index (κ3) is 3.84. The SMILES string of the molecule is CC(Cc1ccccc1)NC(=O)C1CCNCC1. The van der Waals surface area contributed by atoms with E-state index in [0.29, 0.717) is 0 Å². The van der Waals surface area contributed by atoms with E-state index < -0.39 is 0 Å². The zero-order valence-electron chi connectivity index (χ0n) is 11.0. The first-order valence-electron chi connectivity index (χ1n) is 6.80. The van der Waals surface area contributed by atoms with Crippen LogP contribution in [-0.2, 0) is 11.2 Å². The second kappa shape index (κ2) is 6.55. The highest BCUT2D eigenvalue weighted by atomic mass is 16.1. The minimum atomic E-state index is 0.199. The fourth-order valence-electron chi connectivity index (χ4n) is 2.46. The summed E-state index contributed by atoms with van der Waals surface area (Å²) in [5.41, 5.74) is 1.27. The van der Waals surface area contributed by atoms with Crippen LogP contribution in [0.1, 0.15) is 25.3 Å². The molecular formula is C15H22N2O. The number of carbonyl (C=O) groups is 1. The van der Waals surface area contributed by atoms with Crippen molar-refractivity contribution in [1.29, 1.82) is 0 Å². The highest BCUT2D eigenvalue weighted by Crippen LogP contribution is 2.12. The summed E-state index contributed by atoms with van der Waals surface area (Å²) in [6.45, 7) is 4.00. The molecule has 0 saturated carbocycles. The van der Waals surface area contributed by atoms with Gasteiger partial charge in [-0.15, -0.1) is 0 Å².